The summed E-state index contributed by atoms with van der Waals surface area (Å²) in [7, 11) is 0. The number of carbonyl (C=O) groups is 1. The van der Waals surface area contributed by atoms with Crippen molar-refractivity contribution in [2.24, 2.45) is 40.4 Å². The first kappa shape index (κ1) is 14.5. The second kappa shape index (κ2) is 4.39. The lowest BCUT2D eigenvalue weighted by atomic mass is 9.44. The van der Waals surface area contributed by atoms with Crippen molar-refractivity contribution in [1.29, 1.82) is 5.26 Å². The van der Waals surface area contributed by atoms with Gasteiger partial charge in [-0.15, -0.1) is 0 Å². The maximum atomic E-state index is 13.3. The third kappa shape index (κ3) is 1.71. The molecule has 1 heterocycles. The highest BCUT2D eigenvalue weighted by Crippen LogP contribution is 2.67. The fourth-order valence-electron chi connectivity index (χ4n) is 7.55. The topological polar surface area (TPSA) is 53.4 Å². The summed E-state index contributed by atoms with van der Waals surface area (Å²) in [5, 5.41) is 9.55. The van der Waals surface area contributed by atoms with Gasteiger partial charge in [-0.3, -0.25) is 4.79 Å². The molecular formula is C20H27NO2. The van der Waals surface area contributed by atoms with Crippen LogP contribution < -0.4 is 0 Å². The molecule has 0 bridgehead atoms. The number of ether oxygens (including phenoxy) is 1. The SMILES string of the molecule is C[C@]12C[C@H]3O[C@H]3C[C@@H]1CC[C@H]1[C@@H]3CC[C@H](C#N)[C@@]3(C)CC(=O)[C@@H]12. The first-order valence-corrected chi connectivity index (χ1v) is 9.55. The van der Waals surface area contributed by atoms with Crippen molar-refractivity contribution in [3.05, 3.63) is 0 Å². The van der Waals surface area contributed by atoms with Crippen molar-refractivity contribution in [2.75, 3.05) is 0 Å². The van der Waals surface area contributed by atoms with Crippen LogP contribution >= 0.6 is 0 Å². The zero-order chi connectivity index (χ0) is 16.0. The maximum absolute atomic E-state index is 13.3. The van der Waals surface area contributed by atoms with E-state index in [4.69, 9.17) is 4.74 Å². The van der Waals surface area contributed by atoms with Crippen LogP contribution in [0.2, 0.25) is 0 Å². The fourth-order valence-corrected chi connectivity index (χ4v) is 7.55. The van der Waals surface area contributed by atoms with Crippen LogP contribution in [0.25, 0.3) is 0 Å². The largest absolute Gasteiger partial charge is 0.370 e. The lowest BCUT2D eigenvalue weighted by Crippen LogP contribution is -2.57. The van der Waals surface area contributed by atoms with Crippen LogP contribution in [0, 0.1) is 51.8 Å². The van der Waals surface area contributed by atoms with E-state index in [0.29, 0.717) is 42.2 Å². The molecule has 5 rings (SSSR count). The number of nitriles is 1. The molecule has 9 atom stereocenters. The molecule has 0 aromatic carbocycles. The summed E-state index contributed by atoms with van der Waals surface area (Å²) in [6.07, 6.45) is 8.49. The van der Waals surface area contributed by atoms with Crippen molar-refractivity contribution in [1.82, 2.24) is 0 Å². The van der Waals surface area contributed by atoms with Crippen LogP contribution in [0.1, 0.15) is 58.8 Å². The minimum absolute atomic E-state index is 0.0521. The molecule has 0 spiro atoms. The van der Waals surface area contributed by atoms with Crippen molar-refractivity contribution in [2.45, 2.75) is 71.0 Å². The van der Waals surface area contributed by atoms with E-state index in [2.05, 4.69) is 19.9 Å². The lowest BCUT2D eigenvalue weighted by molar-refractivity contribution is -0.155. The molecule has 23 heavy (non-hydrogen) atoms. The third-order valence-corrected chi connectivity index (χ3v) is 8.75. The van der Waals surface area contributed by atoms with E-state index in [-0.39, 0.29) is 22.7 Å². The van der Waals surface area contributed by atoms with Gasteiger partial charge in [0.05, 0.1) is 24.2 Å². The second-order valence-corrected chi connectivity index (χ2v) is 9.59. The quantitative estimate of drug-likeness (QED) is 0.640. The van der Waals surface area contributed by atoms with Crippen LogP contribution in [0.3, 0.4) is 0 Å². The highest BCUT2D eigenvalue weighted by Gasteiger charge is 2.66. The average molecular weight is 313 g/mol. The molecule has 5 aliphatic rings. The maximum Gasteiger partial charge on any atom is 0.137 e. The van der Waals surface area contributed by atoms with Gasteiger partial charge in [0.15, 0.2) is 0 Å². The van der Waals surface area contributed by atoms with Gasteiger partial charge in [0.2, 0.25) is 0 Å². The highest BCUT2D eigenvalue weighted by atomic mass is 16.6. The number of epoxide rings is 1. The predicted octanol–water partition coefficient (Wildman–Crippen LogP) is 3.73. The molecule has 0 aromatic heterocycles. The van der Waals surface area contributed by atoms with E-state index in [1.807, 2.05) is 0 Å². The van der Waals surface area contributed by atoms with Crippen LogP contribution in [0.15, 0.2) is 0 Å². The fraction of sp³-hybridized carbons (Fsp3) is 0.900. The number of carbonyl (C=O) groups excluding carboxylic acids is 1. The molecule has 3 nitrogen and oxygen atoms in total. The minimum atomic E-state index is -0.0521. The van der Waals surface area contributed by atoms with Gasteiger partial charge in [0.25, 0.3) is 0 Å². The second-order valence-electron chi connectivity index (χ2n) is 9.59. The summed E-state index contributed by atoms with van der Waals surface area (Å²) in [5.74, 6) is 2.59. The smallest absolute Gasteiger partial charge is 0.137 e. The average Bonchev–Trinajstić information content (AvgIpc) is 3.15. The monoisotopic (exact) mass is 313 g/mol. The number of rotatable bonds is 0. The zero-order valence-electron chi connectivity index (χ0n) is 14.3. The Morgan fingerprint density at radius 1 is 1.13 bits per heavy atom. The van der Waals surface area contributed by atoms with Gasteiger partial charge in [-0.1, -0.05) is 13.8 Å². The number of ketones is 1. The zero-order valence-corrected chi connectivity index (χ0v) is 14.3. The lowest BCUT2D eigenvalue weighted by Gasteiger charge is -2.58. The molecule has 0 unspecified atom stereocenters. The van der Waals surface area contributed by atoms with Gasteiger partial charge in [0.1, 0.15) is 5.78 Å². The van der Waals surface area contributed by atoms with E-state index in [1.54, 1.807) is 0 Å². The summed E-state index contributed by atoms with van der Waals surface area (Å²) in [5.41, 5.74) is 0.104. The van der Waals surface area contributed by atoms with Crippen LogP contribution in [0.5, 0.6) is 0 Å². The molecule has 0 aromatic rings. The third-order valence-electron chi connectivity index (χ3n) is 8.75. The molecule has 124 valence electrons. The number of nitrogens with zero attached hydrogens (tertiary/aromatic N) is 1. The first-order valence-electron chi connectivity index (χ1n) is 9.55. The minimum Gasteiger partial charge on any atom is -0.370 e. The first-order chi connectivity index (χ1) is 11.0. The Morgan fingerprint density at radius 2 is 1.96 bits per heavy atom. The Balaban J connectivity index is 1.53. The van der Waals surface area contributed by atoms with E-state index in [9.17, 15) is 10.1 Å². The molecule has 5 fully saturated rings. The number of Topliss-reactive ketones (excluding diaryl/α,β-unsaturated/α-hetero) is 1. The van der Waals surface area contributed by atoms with Gasteiger partial charge in [-0.05, 0) is 67.1 Å². The molecule has 3 heteroatoms. The summed E-state index contributed by atoms with van der Waals surface area (Å²) < 4.78 is 5.84. The summed E-state index contributed by atoms with van der Waals surface area (Å²) in [4.78, 5) is 13.3. The van der Waals surface area contributed by atoms with Gasteiger partial charge < -0.3 is 4.74 Å². The summed E-state index contributed by atoms with van der Waals surface area (Å²) in [6, 6.07) is 2.53. The van der Waals surface area contributed by atoms with Crippen molar-refractivity contribution < 1.29 is 9.53 Å². The predicted molar refractivity (Wildman–Crippen MR) is 85.3 cm³/mol. The molecule has 0 amide bonds. The molecular weight excluding hydrogens is 286 g/mol. The number of fused-ring (bicyclic) bond motifs is 6. The summed E-state index contributed by atoms with van der Waals surface area (Å²) in [6.45, 7) is 4.63. The van der Waals surface area contributed by atoms with E-state index in [1.165, 1.54) is 19.3 Å². The molecule has 0 radical (unpaired) electrons. The van der Waals surface area contributed by atoms with E-state index >= 15 is 0 Å². The van der Waals surface area contributed by atoms with Crippen LogP contribution in [0.4, 0.5) is 0 Å². The standard InChI is InChI=1S/C20H27NO2/c1-19-8-15(22)18-13(14(19)6-4-12(19)10-21)5-3-11-7-16-17(23-16)9-20(11,18)2/h11-14,16-18H,3-9H2,1-2H3/t11-,12+,13-,14-,16-,17+,18+,19+,20-/m0/s1. The Labute approximate surface area is 138 Å². The number of hydrogen-bond acceptors (Lipinski definition) is 3. The Morgan fingerprint density at radius 3 is 2.74 bits per heavy atom. The molecule has 4 saturated carbocycles. The van der Waals surface area contributed by atoms with Gasteiger partial charge >= 0.3 is 0 Å². The van der Waals surface area contributed by atoms with Gasteiger partial charge in [-0.25, -0.2) is 0 Å². The van der Waals surface area contributed by atoms with Crippen LogP contribution in [-0.2, 0) is 9.53 Å². The normalized spacial score (nSPS) is 60.0. The molecule has 1 saturated heterocycles. The number of hydrogen-bond donors (Lipinski definition) is 0. The molecule has 0 N–H and O–H groups in total. The Kier molecular flexibility index (Phi) is 2.76. The van der Waals surface area contributed by atoms with Gasteiger partial charge in [0, 0.05) is 12.3 Å². The Hall–Kier alpha value is -0.880. The Bertz CT molecular complexity index is 609. The molecule has 1 aliphatic heterocycles. The van der Waals surface area contributed by atoms with Crippen molar-refractivity contribution in [3.63, 3.8) is 0 Å². The van der Waals surface area contributed by atoms with E-state index < -0.39 is 0 Å². The molecule has 4 aliphatic carbocycles. The van der Waals surface area contributed by atoms with Gasteiger partial charge in [-0.2, -0.15) is 5.26 Å². The summed E-state index contributed by atoms with van der Waals surface area (Å²) >= 11 is 0. The highest BCUT2D eigenvalue weighted by molar-refractivity contribution is 5.84. The van der Waals surface area contributed by atoms with Crippen molar-refractivity contribution >= 4 is 5.78 Å². The van der Waals surface area contributed by atoms with Crippen LogP contribution in [-0.4, -0.2) is 18.0 Å². The van der Waals surface area contributed by atoms with Crippen molar-refractivity contribution in [3.8, 4) is 6.07 Å². The van der Waals surface area contributed by atoms with E-state index in [0.717, 1.165) is 19.3 Å².